The fourth-order valence-corrected chi connectivity index (χ4v) is 0.943. The molecule has 160 valence electrons. The average molecular weight is 444 g/mol. The van der Waals surface area contributed by atoms with Gasteiger partial charge in [-0.3, -0.25) is 0 Å². The molecule has 0 rings (SSSR count). The predicted molar refractivity (Wildman–Crippen MR) is 97.8 cm³/mol. The van der Waals surface area contributed by atoms with Crippen molar-refractivity contribution in [1.82, 2.24) is 0 Å². The summed E-state index contributed by atoms with van der Waals surface area (Å²) >= 11 is 0. The first kappa shape index (κ1) is 37.3. The second-order valence-corrected chi connectivity index (χ2v) is 6.16. The van der Waals surface area contributed by atoms with Crippen molar-refractivity contribution in [1.29, 1.82) is 0 Å². The number of carbonyl (C=O) groups excluding carboxylic acids is 4. The number of hydrogen-bond donors (Lipinski definition) is 0. The van der Waals surface area contributed by atoms with E-state index in [1.165, 1.54) is 0 Å². The molecule has 0 radical (unpaired) electrons. The number of rotatable bonds is 4. The molecule has 0 aliphatic heterocycles. The summed E-state index contributed by atoms with van der Waals surface area (Å²) in [5.41, 5.74) is 3.00. The summed E-state index contributed by atoms with van der Waals surface area (Å²) in [5, 5.41) is 38.5. The fourth-order valence-electron chi connectivity index (χ4n) is 0.943. The Morgan fingerprint density at radius 3 is 0.517 bits per heavy atom. The van der Waals surface area contributed by atoms with Crippen molar-refractivity contribution in [2.45, 2.75) is 55.4 Å². The van der Waals surface area contributed by atoms with Gasteiger partial charge in [-0.2, -0.15) is 0 Å². The zero-order valence-electron chi connectivity index (χ0n) is 18.1. The van der Waals surface area contributed by atoms with Crippen LogP contribution in [0.3, 0.4) is 0 Å². The summed E-state index contributed by atoms with van der Waals surface area (Å²) in [6.45, 7) is 13.6. The van der Waals surface area contributed by atoms with Gasteiger partial charge in [-0.15, -0.1) is 0 Å². The Balaban J connectivity index is -0.0000000873. The maximum Gasteiger partial charge on any atom is 4.00 e. The third-order valence-electron chi connectivity index (χ3n) is 1.63. The summed E-state index contributed by atoms with van der Waals surface area (Å²) in [6.07, 6.45) is 4.22. The molecular formula is C20H28O8Ti. The van der Waals surface area contributed by atoms with Crippen LogP contribution in [0, 0.1) is 0 Å². The molecule has 0 saturated heterocycles. The predicted octanol–water partition coefficient (Wildman–Crippen LogP) is -1.19. The minimum absolute atomic E-state index is 0. The second kappa shape index (κ2) is 23.6. The van der Waals surface area contributed by atoms with Crippen molar-refractivity contribution < 1.29 is 61.3 Å². The van der Waals surface area contributed by atoms with Gasteiger partial charge in [-0.1, -0.05) is 22.3 Å². The van der Waals surface area contributed by atoms with E-state index < -0.39 is 23.9 Å². The molecule has 9 heteroatoms. The molecule has 0 aromatic rings. The van der Waals surface area contributed by atoms with Crippen LogP contribution in [0.4, 0.5) is 0 Å². The van der Waals surface area contributed by atoms with Gasteiger partial charge in [0.2, 0.25) is 0 Å². The van der Waals surface area contributed by atoms with E-state index in [1.54, 1.807) is 55.4 Å². The molecule has 0 aromatic heterocycles. The standard InChI is InChI=1S/4C5H8O2.Ti/c4*1-4(2)3-5(6)7;/h4*3H,1-2H3,(H,6,7);/q;;;;+4/p-4. The van der Waals surface area contributed by atoms with Gasteiger partial charge in [0.1, 0.15) is 0 Å². The Kier molecular flexibility index (Phi) is 30.4. The van der Waals surface area contributed by atoms with E-state index in [1.807, 2.05) is 0 Å². The molecule has 0 heterocycles. The summed E-state index contributed by atoms with van der Waals surface area (Å²) in [6, 6.07) is 0. The molecule has 8 nitrogen and oxygen atoms in total. The average Bonchev–Trinajstić information content (AvgIpc) is 2.32. The molecule has 0 aliphatic carbocycles. The van der Waals surface area contributed by atoms with Gasteiger partial charge in [0.05, 0.1) is 23.9 Å². The van der Waals surface area contributed by atoms with E-state index >= 15 is 0 Å². The van der Waals surface area contributed by atoms with Gasteiger partial charge in [0, 0.05) is 0 Å². The van der Waals surface area contributed by atoms with E-state index in [9.17, 15) is 39.6 Å². The Morgan fingerprint density at radius 2 is 0.517 bits per heavy atom. The molecule has 0 saturated carbocycles. The maximum absolute atomic E-state index is 9.62. The van der Waals surface area contributed by atoms with Crippen molar-refractivity contribution in [2.24, 2.45) is 0 Å². The molecule has 29 heavy (non-hydrogen) atoms. The maximum atomic E-state index is 9.62. The van der Waals surface area contributed by atoms with Crippen LogP contribution >= 0.6 is 0 Å². The van der Waals surface area contributed by atoms with E-state index in [4.69, 9.17) is 0 Å². The number of aliphatic carboxylic acids is 4. The summed E-state index contributed by atoms with van der Waals surface area (Å²) in [7, 11) is 0. The van der Waals surface area contributed by atoms with Crippen LogP contribution in [-0.2, 0) is 40.9 Å². The first-order valence-electron chi connectivity index (χ1n) is 7.94. The van der Waals surface area contributed by atoms with Crippen molar-refractivity contribution in [3.05, 3.63) is 46.6 Å². The molecule has 0 amide bonds. The SMILES string of the molecule is CC(C)=CC(=O)[O-].CC(C)=CC(=O)[O-].CC(C)=CC(=O)[O-].CC(C)=CC(=O)[O-].[Ti+4]. The third-order valence-corrected chi connectivity index (χ3v) is 1.63. The van der Waals surface area contributed by atoms with Gasteiger partial charge in [-0.05, 0) is 79.7 Å². The molecular weight excluding hydrogens is 416 g/mol. The number of carboxylic acids is 4. The Labute approximate surface area is 187 Å². The summed E-state index contributed by atoms with van der Waals surface area (Å²) in [4.78, 5) is 38.5. The molecule has 0 N–H and O–H groups in total. The molecule has 0 aromatic carbocycles. The monoisotopic (exact) mass is 444 g/mol. The fraction of sp³-hybridized carbons (Fsp3) is 0.400. The topological polar surface area (TPSA) is 161 Å². The second-order valence-electron chi connectivity index (χ2n) is 6.16. The van der Waals surface area contributed by atoms with Crippen LogP contribution < -0.4 is 20.4 Å². The number of hydrogen-bond acceptors (Lipinski definition) is 8. The van der Waals surface area contributed by atoms with Crippen LogP contribution in [0.1, 0.15) is 55.4 Å². The van der Waals surface area contributed by atoms with Crippen LogP contribution in [-0.4, -0.2) is 23.9 Å². The van der Waals surface area contributed by atoms with Crippen molar-refractivity contribution >= 4 is 23.9 Å². The quantitative estimate of drug-likeness (QED) is 0.386. The zero-order chi connectivity index (χ0) is 23.4. The molecule has 0 spiro atoms. The smallest absolute Gasteiger partial charge is 0.545 e. The number of allylic oxidation sites excluding steroid dienone is 4. The largest absolute Gasteiger partial charge is 4.00 e. The Bertz CT molecular complexity index is 513. The van der Waals surface area contributed by atoms with Crippen molar-refractivity contribution in [3.8, 4) is 0 Å². The Hall–Kier alpha value is -2.45. The van der Waals surface area contributed by atoms with Crippen LogP contribution in [0.5, 0.6) is 0 Å². The molecule has 0 fully saturated rings. The van der Waals surface area contributed by atoms with Crippen LogP contribution in [0.15, 0.2) is 46.6 Å². The van der Waals surface area contributed by atoms with Crippen LogP contribution in [0.25, 0.3) is 0 Å². The molecule has 0 bridgehead atoms. The van der Waals surface area contributed by atoms with E-state index in [-0.39, 0.29) is 21.7 Å². The number of carbonyl (C=O) groups is 4. The Morgan fingerprint density at radius 1 is 0.414 bits per heavy atom. The minimum Gasteiger partial charge on any atom is -0.545 e. The molecule has 0 unspecified atom stereocenters. The van der Waals surface area contributed by atoms with Crippen molar-refractivity contribution in [3.63, 3.8) is 0 Å². The van der Waals surface area contributed by atoms with Gasteiger partial charge in [0.25, 0.3) is 0 Å². The van der Waals surface area contributed by atoms with Gasteiger partial charge in [-0.25, -0.2) is 0 Å². The first-order valence-corrected chi connectivity index (χ1v) is 7.94. The van der Waals surface area contributed by atoms with Crippen molar-refractivity contribution in [2.75, 3.05) is 0 Å². The molecule has 0 aliphatic rings. The zero-order valence-corrected chi connectivity index (χ0v) is 19.6. The normalized spacial score (nSPS) is 7.45. The van der Waals surface area contributed by atoms with Gasteiger partial charge in [0.15, 0.2) is 0 Å². The van der Waals surface area contributed by atoms with E-state index in [0.29, 0.717) is 0 Å². The summed E-state index contributed by atoms with van der Waals surface area (Å²) < 4.78 is 0. The van der Waals surface area contributed by atoms with Crippen LogP contribution in [0.2, 0.25) is 0 Å². The third kappa shape index (κ3) is 77.2. The number of carboxylic acid groups (broad SMARTS) is 4. The van der Waals surface area contributed by atoms with E-state index in [0.717, 1.165) is 46.6 Å². The van der Waals surface area contributed by atoms with E-state index in [2.05, 4.69) is 0 Å². The van der Waals surface area contributed by atoms with Gasteiger partial charge >= 0.3 is 21.7 Å². The van der Waals surface area contributed by atoms with Gasteiger partial charge < -0.3 is 39.6 Å². The summed E-state index contributed by atoms with van der Waals surface area (Å²) in [5.74, 6) is -4.50. The molecule has 0 atom stereocenters. The first-order chi connectivity index (χ1) is 12.5. The minimum atomic E-state index is -1.12.